The van der Waals surface area contributed by atoms with Gasteiger partial charge >= 0.3 is 0 Å². The Morgan fingerprint density at radius 3 is 2.76 bits per heavy atom. The van der Waals surface area contributed by atoms with Gasteiger partial charge in [-0.2, -0.15) is 0 Å². The molecule has 1 fully saturated rings. The number of hydrogen-bond acceptors (Lipinski definition) is 2. The van der Waals surface area contributed by atoms with Crippen LogP contribution >= 0.6 is 0 Å². The maximum atomic E-state index is 12.3. The molecule has 0 unspecified atom stereocenters. The van der Waals surface area contributed by atoms with Gasteiger partial charge in [-0.05, 0) is 44.2 Å². The van der Waals surface area contributed by atoms with Crippen molar-refractivity contribution in [2.75, 3.05) is 5.32 Å². The van der Waals surface area contributed by atoms with Gasteiger partial charge < -0.3 is 11.1 Å². The quantitative estimate of drug-likeness (QED) is 0.717. The summed E-state index contributed by atoms with van der Waals surface area (Å²) in [5, 5.41) is 3.02. The van der Waals surface area contributed by atoms with Gasteiger partial charge in [-0.1, -0.05) is 17.7 Å². The predicted molar refractivity (Wildman–Crippen MR) is 67.9 cm³/mol. The van der Waals surface area contributed by atoms with Crippen LogP contribution in [0.25, 0.3) is 0 Å². The first-order valence-electron chi connectivity index (χ1n) is 6.30. The molecule has 17 heavy (non-hydrogen) atoms. The number of anilines is 1. The molecule has 0 radical (unpaired) electrons. The summed E-state index contributed by atoms with van der Waals surface area (Å²) in [6.07, 6.45) is 3.66. The maximum absolute atomic E-state index is 12.3. The largest absolute Gasteiger partial charge is 0.328 e. The third-order valence-corrected chi connectivity index (χ3v) is 4.26. The van der Waals surface area contributed by atoms with Crippen LogP contribution in [-0.4, -0.2) is 11.9 Å². The molecular weight excluding hydrogens is 212 g/mol. The lowest BCUT2D eigenvalue weighted by Gasteiger charge is -2.34. The van der Waals surface area contributed by atoms with Gasteiger partial charge in [-0.15, -0.1) is 0 Å². The first-order chi connectivity index (χ1) is 8.12. The van der Waals surface area contributed by atoms with Gasteiger partial charge in [-0.25, -0.2) is 0 Å². The van der Waals surface area contributed by atoms with E-state index in [2.05, 4.69) is 18.3 Å². The van der Waals surface area contributed by atoms with Crippen LogP contribution in [0.3, 0.4) is 0 Å². The average Bonchev–Trinajstić information content (AvgIpc) is 2.57. The van der Waals surface area contributed by atoms with Crippen molar-refractivity contribution in [3.05, 3.63) is 29.3 Å². The summed E-state index contributed by atoms with van der Waals surface area (Å²) in [6, 6.07) is 6.49. The lowest BCUT2D eigenvalue weighted by Crippen LogP contribution is -2.41. The molecule has 0 aromatic heterocycles. The monoisotopic (exact) mass is 230 g/mol. The average molecular weight is 230 g/mol. The van der Waals surface area contributed by atoms with E-state index in [0.29, 0.717) is 0 Å². The second kappa shape index (κ2) is 3.57. The van der Waals surface area contributed by atoms with Gasteiger partial charge in [0, 0.05) is 11.7 Å². The lowest BCUT2D eigenvalue weighted by atomic mass is 9.69. The van der Waals surface area contributed by atoms with Crippen LogP contribution < -0.4 is 11.1 Å². The van der Waals surface area contributed by atoms with Crippen molar-refractivity contribution in [1.82, 2.24) is 0 Å². The van der Waals surface area contributed by atoms with Crippen molar-refractivity contribution in [2.45, 2.75) is 44.1 Å². The van der Waals surface area contributed by atoms with Crippen molar-refractivity contribution < 1.29 is 4.79 Å². The summed E-state index contributed by atoms with van der Waals surface area (Å²) >= 11 is 0. The summed E-state index contributed by atoms with van der Waals surface area (Å²) in [6.45, 7) is 2.07. The highest BCUT2D eigenvalue weighted by molar-refractivity contribution is 6.06. The zero-order chi connectivity index (χ0) is 12.0. The smallest absolute Gasteiger partial charge is 0.235 e. The number of carbonyl (C=O) groups is 1. The van der Waals surface area contributed by atoms with E-state index >= 15 is 0 Å². The van der Waals surface area contributed by atoms with E-state index in [1.807, 2.05) is 12.1 Å². The minimum atomic E-state index is -0.294. The zero-order valence-corrected chi connectivity index (χ0v) is 10.1. The summed E-state index contributed by atoms with van der Waals surface area (Å²) < 4.78 is 0. The molecule has 2 aliphatic rings. The van der Waals surface area contributed by atoms with Crippen molar-refractivity contribution >= 4 is 11.6 Å². The summed E-state index contributed by atoms with van der Waals surface area (Å²) in [5.74, 6) is 0.171. The number of amides is 1. The standard InChI is InChI=1S/C14H18N2O/c1-9-2-3-12-11(8-9)14(13(17)16-12)6-4-10(15)5-7-14/h2-3,8,10H,4-7,15H2,1H3,(H,16,17). The molecule has 0 bridgehead atoms. The molecule has 3 heteroatoms. The van der Waals surface area contributed by atoms with E-state index < -0.39 is 0 Å². The molecule has 1 aliphatic heterocycles. The Labute approximate surface area is 101 Å². The topological polar surface area (TPSA) is 55.1 Å². The molecule has 1 spiro atoms. The SMILES string of the molecule is Cc1ccc2c(c1)C1(CCC(N)CC1)C(=O)N2. The molecule has 90 valence electrons. The van der Waals surface area contributed by atoms with Crippen molar-refractivity contribution in [1.29, 1.82) is 0 Å². The van der Waals surface area contributed by atoms with Gasteiger partial charge in [-0.3, -0.25) is 4.79 Å². The highest BCUT2D eigenvalue weighted by Gasteiger charge is 2.48. The number of nitrogens with two attached hydrogens (primary N) is 1. The summed E-state index contributed by atoms with van der Waals surface area (Å²) in [5.41, 5.74) is 9.06. The summed E-state index contributed by atoms with van der Waals surface area (Å²) in [7, 11) is 0. The number of hydrogen-bond donors (Lipinski definition) is 2. The first kappa shape index (κ1) is 10.8. The molecule has 0 saturated heterocycles. The number of benzene rings is 1. The molecule has 1 aromatic carbocycles. The second-order valence-electron chi connectivity index (χ2n) is 5.42. The van der Waals surface area contributed by atoms with Gasteiger partial charge in [0.15, 0.2) is 0 Å². The first-order valence-corrected chi connectivity index (χ1v) is 6.30. The highest BCUT2D eigenvalue weighted by atomic mass is 16.2. The lowest BCUT2D eigenvalue weighted by molar-refractivity contribution is -0.122. The number of aryl methyl sites for hydroxylation is 1. The van der Waals surface area contributed by atoms with E-state index in [1.54, 1.807) is 0 Å². The number of nitrogens with one attached hydrogen (secondary N) is 1. The second-order valence-corrected chi connectivity index (χ2v) is 5.42. The zero-order valence-electron chi connectivity index (χ0n) is 10.1. The third kappa shape index (κ3) is 1.49. The van der Waals surface area contributed by atoms with Crippen molar-refractivity contribution in [3.8, 4) is 0 Å². The molecule has 1 heterocycles. The van der Waals surface area contributed by atoms with Gasteiger partial charge in [0.25, 0.3) is 0 Å². The molecule has 0 atom stereocenters. The fourth-order valence-corrected chi connectivity index (χ4v) is 3.16. The van der Waals surface area contributed by atoms with E-state index in [0.717, 1.165) is 31.4 Å². The molecule has 3 nitrogen and oxygen atoms in total. The van der Waals surface area contributed by atoms with Gasteiger partial charge in [0.05, 0.1) is 5.41 Å². The molecule has 3 N–H and O–H groups in total. The van der Waals surface area contributed by atoms with Crippen LogP contribution in [0.1, 0.15) is 36.8 Å². The molecule has 1 aliphatic carbocycles. The third-order valence-electron chi connectivity index (χ3n) is 4.26. The Morgan fingerprint density at radius 2 is 2.06 bits per heavy atom. The Hall–Kier alpha value is -1.35. The van der Waals surface area contributed by atoms with Crippen LogP contribution in [0.5, 0.6) is 0 Å². The fourth-order valence-electron chi connectivity index (χ4n) is 3.16. The highest BCUT2D eigenvalue weighted by Crippen LogP contribution is 2.47. The Bertz CT molecular complexity index is 473. The fraction of sp³-hybridized carbons (Fsp3) is 0.500. The number of carbonyl (C=O) groups excluding carboxylic acids is 1. The van der Waals surface area contributed by atoms with Crippen molar-refractivity contribution in [2.24, 2.45) is 5.73 Å². The molecule has 1 aromatic rings. The van der Waals surface area contributed by atoms with Gasteiger partial charge in [0.2, 0.25) is 5.91 Å². The van der Waals surface area contributed by atoms with E-state index in [4.69, 9.17) is 5.73 Å². The van der Waals surface area contributed by atoms with Crippen molar-refractivity contribution in [3.63, 3.8) is 0 Å². The van der Waals surface area contributed by atoms with Crippen LogP contribution in [0.2, 0.25) is 0 Å². The van der Waals surface area contributed by atoms with Crippen LogP contribution in [0.4, 0.5) is 5.69 Å². The van der Waals surface area contributed by atoms with E-state index in [9.17, 15) is 4.79 Å². The van der Waals surface area contributed by atoms with Gasteiger partial charge in [0.1, 0.15) is 0 Å². The molecule has 1 saturated carbocycles. The summed E-state index contributed by atoms with van der Waals surface area (Å²) in [4.78, 5) is 12.3. The molecule has 3 rings (SSSR count). The number of fused-ring (bicyclic) bond motifs is 2. The molecule has 1 amide bonds. The van der Waals surface area contributed by atoms with Crippen LogP contribution in [0, 0.1) is 6.92 Å². The minimum absolute atomic E-state index is 0.171. The minimum Gasteiger partial charge on any atom is -0.328 e. The Morgan fingerprint density at radius 1 is 1.35 bits per heavy atom. The maximum Gasteiger partial charge on any atom is 0.235 e. The van der Waals surface area contributed by atoms with E-state index in [1.165, 1.54) is 11.1 Å². The van der Waals surface area contributed by atoms with Crippen LogP contribution in [0.15, 0.2) is 18.2 Å². The predicted octanol–water partition coefficient (Wildman–Crippen LogP) is 2.09. The Balaban J connectivity index is 2.06. The molecular formula is C14H18N2O. The number of rotatable bonds is 0. The normalized spacial score (nSPS) is 31.4. The Kier molecular flexibility index (Phi) is 2.26. The van der Waals surface area contributed by atoms with E-state index in [-0.39, 0.29) is 17.4 Å². The van der Waals surface area contributed by atoms with Crippen LogP contribution in [-0.2, 0) is 10.2 Å².